The highest BCUT2D eigenvalue weighted by atomic mass is 31.2. The van der Waals surface area contributed by atoms with E-state index in [1.807, 2.05) is 0 Å². The van der Waals surface area contributed by atoms with Crippen molar-refractivity contribution in [3.8, 4) is 0 Å². The first-order valence-corrected chi connectivity index (χ1v) is 5.82. The second-order valence-electron chi connectivity index (χ2n) is 3.51. The van der Waals surface area contributed by atoms with Crippen LogP contribution in [0.2, 0.25) is 0 Å². The molecule has 10 heteroatoms. The lowest BCUT2D eigenvalue weighted by atomic mass is 9.85. The van der Waals surface area contributed by atoms with Crippen LogP contribution in [0.5, 0.6) is 0 Å². The van der Waals surface area contributed by atoms with E-state index < -0.39 is 44.4 Å². The van der Waals surface area contributed by atoms with Gasteiger partial charge in [0.25, 0.3) is 0 Å². The summed E-state index contributed by atoms with van der Waals surface area (Å²) in [6.45, 7) is 0. The number of aliphatic hydroxyl groups excluding tert-OH is 5. The summed E-state index contributed by atoms with van der Waals surface area (Å²) in [6.07, 6.45) is -11.3. The molecule has 0 radical (unpaired) electrons. The number of aliphatic hydroxyl groups is 5. The number of hydrogen-bond acceptors (Lipinski definition) is 7. The predicted molar refractivity (Wildman–Crippen MR) is 47.0 cm³/mol. The molecule has 0 amide bonds. The maximum Gasteiger partial charge on any atom is 0.470 e. The van der Waals surface area contributed by atoms with Gasteiger partial charge in [-0.05, 0) is 0 Å². The van der Waals surface area contributed by atoms with Gasteiger partial charge in [0, 0.05) is 0 Å². The van der Waals surface area contributed by atoms with Crippen LogP contribution in [0.25, 0.3) is 0 Å². The molecule has 0 unspecified atom stereocenters. The van der Waals surface area contributed by atoms with Crippen molar-refractivity contribution in [1.82, 2.24) is 0 Å². The molecule has 7 N–H and O–H groups in total. The summed E-state index contributed by atoms with van der Waals surface area (Å²) in [7, 11) is -5.01. The maximum absolute atomic E-state index is 10.5. The lowest BCUT2D eigenvalue weighted by molar-refractivity contribution is -0.219. The fraction of sp³-hybridized carbons (Fsp3) is 1.00. The van der Waals surface area contributed by atoms with Gasteiger partial charge in [-0.15, -0.1) is 0 Å². The molecular weight excluding hydrogens is 247 g/mol. The van der Waals surface area contributed by atoms with Crippen LogP contribution in [-0.2, 0) is 9.09 Å². The van der Waals surface area contributed by atoms with Crippen LogP contribution in [0, 0.1) is 0 Å². The molecule has 1 aliphatic carbocycles. The van der Waals surface area contributed by atoms with Crippen molar-refractivity contribution in [2.24, 2.45) is 0 Å². The Morgan fingerprint density at radius 1 is 0.750 bits per heavy atom. The van der Waals surface area contributed by atoms with E-state index in [0.717, 1.165) is 0 Å². The third-order valence-electron chi connectivity index (χ3n) is 2.33. The average Bonchev–Trinajstić information content (AvgIpc) is 2.17. The van der Waals surface area contributed by atoms with Gasteiger partial charge in [0.1, 0.15) is 36.6 Å². The molecule has 0 heterocycles. The van der Waals surface area contributed by atoms with Crippen molar-refractivity contribution in [1.29, 1.82) is 0 Å². The molecule has 1 rings (SSSR count). The zero-order chi connectivity index (χ0) is 12.7. The molecule has 6 atom stereocenters. The molecule has 96 valence electrons. The normalized spacial score (nSPS) is 45.7. The lowest BCUT2D eigenvalue weighted by Gasteiger charge is -2.41. The number of phosphoric ester groups is 1. The number of rotatable bonds is 2. The van der Waals surface area contributed by atoms with Crippen molar-refractivity contribution in [2.75, 3.05) is 0 Å². The van der Waals surface area contributed by atoms with Crippen LogP contribution in [0.1, 0.15) is 0 Å². The van der Waals surface area contributed by atoms with Crippen molar-refractivity contribution in [3.05, 3.63) is 0 Å². The van der Waals surface area contributed by atoms with Crippen molar-refractivity contribution >= 4 is 7.82 Å². The van der Waals surface area contributed by atoms with Crippen LogP contribution in [0.4, 0.5) is 0 Å². The fourth-order valence-electron chi connectivity index (χ4n) is 1.48. The lowest BCUT2D eigenvalue weighted by Crippen LogP contribution is -2.64. The molecule has 9 nitrogen and oxygen atoms in total. The first-order chi connectivity index (χ1) is 7.15. The highest BCUT2D eigenvalue weighted by molar-refractivity contribution is 7.46. The molecule has 1 fully saturated rings. The van der Waals surface area contributed by atoms with Crippen LogP contribution in [0.3, 0.4) is 0 Å². The Kier molecular flexibility index (Phi) is 4.06. The molecule has 0 aliphatic heterocycles. The summed E-state index contributed by atoms with van der Waals surface area (Å²) < 4.78 is 14.5. The minimum atomic E-state index is -5.01. The molecule has 0 aromatic carbocycles. The van der Waals surface area contributed by atoms with Gasteiger partial charge in [0.2, 0.25) is 0 Å². The largest absolute Gasteiger partial charge is 0.470 e. The second kappa shape index (κ2) is 4.65. The Morgan fingerprint density at radius 2 is 1.06 bits per heavy atom. The van der Waals surface area contributed by atoms with Crippen molar-refractivity contribution in [2.45, 2.75) is 36.6 Å². The summed E-state index contributed by atoms with van der Waals surface area (Å²) in [4.78, 5) is 17.0. The zero-order valence-corrected chi connectivity index (χ0v) is 8.75. The molecule has 0 spiro atoms. The van der Waals surface area contributed by atoms with Gasteiger partial charge in [-0.1, -0.05) is 0 Å². The summed E-state index contributed by atoms with van der Waals surface area (Å²) in [5, 5.41) is 46.1. The van der Waals surface area contributed by atoms with Crippen molar-refractivity contribution < 1.29 is 44.4 Å². The van der Waals surface area contributed by atoms with Gasteiger partial charge in [-0.2, -0.15) is 0 Å². The second-order valence-corrected chi connectivity index (χ2v) is 4.71. The first-order valence-electron chi connectivity index (χ1n) is 4.29. The standard InChI is InChI=1S/C6H13O9P/c7-1-2(8)4(10)6(5(11)3(1)9)15-16(12,13)14/h1-11H,(H2,12,13,14)/t1-,2+,3-,4-,5+,6+. The number of hydrogen-bond donors (Lipinski definition) is 7. The molecular formula is C6H13O9P. The molecule has 0 saturated heterocycles. The van der Waals surface area contributed by atoms with Crippen molar-refractivity contribution in [3.63, 3.8) is 0 Å². The Hall–Kier alpha value is -0.0900. The van der Waals surface area contributed by atoms with Gasteiger partial charge in [0.15, 0.2) is 0 Å². The van der Waals surface area contributed by atoms with Gasteiger partial charge >= 0.3 is 7.82 Å². The van der Waals surface area contributed by atoms with E-state index in [1.165, 1.54) is 0 Å². The fourth-order valence-corrected chi connectivity index (χ4v) is 2.05. The summed E-state index contributed by atoms with van der Waals surface area (Å²) >= 11 is 0. The third-order valence-corrected chi connectivity index (χ3v) is 2.85. The molecule has 0 aromatic rings. The van der Waals surface area contributed by atoms with Crippen LogP contribution in [0.15, 0.2) is 0 Å². The van der Waals surface area contributed by atoms with Gasteiger partial charge in [0.05, 0.1) is 0 Å². The van der Waals surface area contributed by atoms with E-state index in [4.69, 9.17) is 14.9 Å². The zero-order valence-electron chi connectivity index (χ0n) is 7.86. The summed E-state index contributed by atoms with van der Waals surface area (Å²) in [5.41, 5.74) is 0. The Morgan fingerprint density at radius 3 is 1.38 bits per heavy atom. The maximum atomic E-state index is 10.5. The molecule has 16 heavy (non-hydrogen) atoms. The van der Waals surface area contributed by atoms with Crippen LogP contribution in [-0.4, -0.2) is 71.9 Å². The van der Waals surface area contributed by atoms with Crippen LogP contribution >= 0.6 is 7.82 Å². The molecule has 1 aliphatic rings. The minimum Gasteiger partial charge on any atom is -0.387 e. The smallest absolute Gasteiger partial charge is 0.387 e. The highest BCUT2D eigenvalue weighted by Crippen LogP contribution is 2.41. The summed E-state index contributed by atoms with van der Waals surface area (Å²) in [6, 6.07) is 0. The molecule has 0 bridgehead atoms. The van der Waals surface area contributed by atoms with E-state index in [9.17, 15) is 25.0 Å². The van der Waals surface area contributed by atoms with Gasteiger partial charge in [-0.3, -0.25) is 4.52 Å². The number of phosphoric acid groups is 1. The van der Waals surface area contributed by atoms with E-state index in [0.29, 0.717) is 0 Å². The van der Waals surface area contributed by atoms with E-state index in [-0.39, 0.29) is 0 Å². The topological polar surface area (TPSA) is 168 Å². The highest BCUT2D eigenvalue weighted by Gasteiger charge is 2.50. The van der Waals surface area contributed by atoms with Gasteiger partial charge < -0.3 is 35.3 Å². The third kappa shape index (κ3) is 2.77. The molecule has 0 aromatic heterocycles. The van der Waals surface area contributed by atoms with Gasteiger partial charge in [-0.25, -0.2) is 4.57 Å². The SMILES string of the molecule is O=P(O)(O)O[C@H]1[C@H](O)[C@@H](O)[C@@H](O)[C@@H](O)[C@@H]1O. The van der Waals surface area contributed by atoms with E-state index in [2.05, 4.69) is 4.52 Å². The minimum absolute atomic E-state index is 1.83. The first kappa shape index (κ1) is 14.0. The molecule has 1 saturated carbocycles. The Bertz CT molecular complexity index is 274. The predicted octanol–water partition coefficient (Wildman–Crippen LogP) is -3.72. The average molecular weight is 260 g/mol. The Labute approximate surface area is 89.8 Å². The van der Waals surface area contributed by atoms with Crippen LogP contribution < -0.4 is 0 Å². The summed E-state index contributed by atoms with van der Waals surface area (Å²) in [5.74, 6) is 0. The Balaban J connectivity index is 2.87. The quantitative estimate of drug-likeness (QED) is 0.247. The van der Waals surface area contributed by atoms with E-state index in [1.54, 1.807) is 0 Å². The van der Waals surface area contributed by atoms with E-state index >= 15 is 0 Å². The monoisotopic (exact) mass is 260 g/mol.